The number of unbranched alkanes of at least 4 members (excludes halogenated alkanes) is 1. The monoisotopic (exact) mass is 707 g/mol. The normalized spacial score (nSPS) is 12.8. The Kier molecular flexibility index (Phi) is 11.4. The number of rotatable bonds is 14. The Labute approximate surface area is 284 Å². The van der Waals surface area contributed by atoms with Gasteiger partial charge in [-0.05, 0) is 73.9 Å². The van der Waals surface area contributed by atoms with Crippen LogP contribution in [-0.4, -0.2) is 53.0 Å². The van der Waals surface area contributed by atoms with Crippen molar-refractivity contribution in [2.75, 3.05) is 13.7 Å². The molecule has 0 aliphatic heterocycles. The first-order valence-electron chi connectivity index (χ1n) is 15.0. The molecule has 0 aliphatic rings. The molecule has 1 aromatic heterocycles. The van der Waals surface area contributed by atoms with E-state index in [0.29, 0.717) is 35.1 Å². The average molecular weight is 709 g/mol. The highest BCUT2D eigenvalue weighted by atomic mass is 35.5. The molecule has 1 atom stereocenters. The van der Waals surface area contributed by atoms with E-state index in [-0.39, 0.29) is 30.0 Å². The minimum absolute atomic E-state index is 0.0409. The molecule has 252 valence electrons. The van der Waals surface area contributed by atoms with Gasteiger partial charge >= 0.3 is 5.97 Å². The lowest BCUT2D eigenvalue weighted by Crippen LogP contribution is -2.43. The van der Waals surface area contributed by atoms with E-state index in [0.717, 1.165) is 27.7 Å². The number of hydrogen-bond acceptors (Lipinski definition) is 5. The lowest BCUT2D eigenvalue weighted by Gasteiger charge is -2.28. The van der Waals surface area contributed by atoms with Crippen molar-refractivity contribution < 1.29 is 31.8 Å². The summed E-state index contributed by atoms with van der Waals surface area (Å²) in [6.07, 6.45) is 3.02. The highest BCUT2D eigenvalue weighted by Crippen LogP contribution is 2.38. The molecule has 4 rings (SSSR count). The molecule has 0 aliphatic carbocycles. The smallest absolute Gasteiger partial charge is 0.321 e. The van der Waals surface area contributed by atoms with Gasteiger partial charge in [-0.15, -0.1) is 0 Å². The molecule has 0 fully saturated rings. The molecular weight excluding hydrogens is 671 g/mol. The van der Waals surface area contributed by atoms with Crippen LogP contribution >= 0.6 is 23.2 Å². The number of ether oxygens (including phenoxy) is 1. The van der Waals surface area contributed by atoms with E-state index in [4.69, 9.17) is 27.9 Å². The maximum absolute atomic E-state index is 15.6. The minimum Gasteiger partial charge on any atom is -0.495 e. The van der Waals surface area contributed by atoms with Crippen LogP contribution in [0.15, 0.2) is 65.7 Å². The van der Waals surface area contributed by atoms with Gasteiger partial charge in [0.2, 0.25) is 10.0 Å². The largest absolute Gasteiger partial charge is 0.495 e. The van der Waals surface area contributed by atoms with Gasteiger partial charge in [0, 0.05) is 40.9 Å². The molecule has 8 nitrogen and oxygen atoms in total. The van der Waals surface area contributed by atoms with Crippen LogP contribution in [0.3, 0.4) is 0 Å². The number of imidazole rings is 1. The van der Waals surface area contributed by atoms with Crippen LogP contribution in [0.25, 0.3) is 5.69 Å². The van der Waals surface area contributed by atoms with Gasteiger partial charge in [0.05, 0.1) is 22.7 Å². The molecule has 3 aromatic carbocycles. The zero-order valence-electron chi connectivity index (χ0n) is 26.7. The number of aryl methyl sites for hydroxylation is 1. The molecule has 13 heteroatoms. The first-order chi connectivity index (χ1) is 22.1. The summed E-state index contributed by atoms with van der Waals surface area (Å²) in [5.41, 5.74) is 1.71. The summed E-state index contributed by atoms with van der Waals surface area (Å²) in [7, 11) is -2.84. The summed E-state index contributed by atoms with van der Waals surface area (Å²) in [6.45, 7) is 7.08. The van der Waals surface area contributed by atoms with Crippen molar-refractivity contribution in [3.63, 3.8) is 0 Å². The molecule has 0 unspecified atom stereocenters. The van der Waals surface area contributed by atoms with Gasteiger partial charge in [-0.2, -0.15) is 4.31 Å². The lowest BCUT2D eigenvalue weighted by atomic mass is 9.81. The Morgan fingerprint density at radius 3 is 2.34 bits per heavy atom. The number of carbonyl (C=O) groups is 1. The number of hydrogen-bond donors (Lipinski definition) is 1. The zero-order chi connectivity index (χ0) is 34.7. The molecule has 47 heavy (non-hydrogen) atoms. The minimum atomic E-state index is -4.38. The van der Waals surface area contributed by atoms with Gasteiger partial charge in [-0.3, -0.25) is 9.36 Å². The quantitative estimate of drug-likeness (QED) is 0.143. The third-order valence-corrected chi connectivity index (χ3v) is 10.9. The number of halogens is 4. The van der Waals surface area contributed by atoms with Crippen LogP contribution in [0.5, 0.6) is 5.75 Å². The Hall–Kier alpha value is -3.51. The molecular formula is C34H37Cl2F2N3O5S. The molecule has 0 spiro atoms. The predicted molar refractivity (Wildman–Crippen MR) is 178 cm³/mol. The summed E-state index contributed by atoms with van der Waals surface area (Å²) < 4.78 is 64.6. The van der Waals surface area contributed by atoms with Crippen LogP contribution < -0.4 is 4.74 Å². The zero-order valence-corrected chi connectivity index (χ0v) is 29.1. The van der Waals surface area contributed by atoms with Crippen LogP contribution in [0, 0.1) is 11.6 Å². The molecule has 1 heterocycles. The fourth-order valence-corrected chi connectivity index (χ4v) is 7.61. The second-order valence-electron chi connectivity index (χ2n) is 11.7. The number of carboxylic acid groups (broad SMARTS) is 1. The first-order valence-corrected chi connectivity index (χ1v) is 17.2. The number of benzene rings is 3. The van der Waals surface area contributed by atoms with Crippen molar-refractivity contribution in [3.8, 4) is 11.4 Å². The van der Waals surface area contributed by atoms with Gasteiger partial charge < -0.3 is 9.84 Å². The van der Waals surface area contributed by atoms with Crippen molar-refractivity contribution in [1.29, 1.82) is 0 Å². The molecule has 4 aromatic rings. The van der Waals surface area contributed by atoms with Gasteiger partial charge in [-0.25, -0.2) is 22.2 Å². The highest BCUT2D eigenvalue weighted by molar-refractivity contribution is 7.89. The summed E-state index contributed by atoms with van der Waals surface area (Å²) in [5, 5.41) is 9.86. The van der Waals surface area contributed by atoms with Gasteiger partial charge in [-0.1, -0.05) is 56.5 Å². The van der Waals surface area contributed by atoms with E-state index < -0.39 is 44.0 Å². The molecule has 0 saturated carbocycles. The van der Waals surface area contributed by atoms with Crippen LogP contribution in [0.2, 0.25) is 10.0 Å². The standard InChI is InChI=1S/C34H37Cl2F2N3O5S/c1-6-7-16-40(21(2)33(42)43)47(44,45)25-18-28(36)26(29(38)19-25)13-15-32-39-20-31(41(32)24-11-9-23(37)10-12-24)34(3,4)22-8-14-27(35)30(17-22)46-5/h8-12,14,17-21H,6-7,13,15-16H2,1-5H3,(H,42,43)/t21-/m1/s1. The molecule has 0 radical (unpaired) electrons. The number of carboxylic acids is 1. The van der Waals surface area contributed by atoms with Crippen molar-refractivity contribution in [2.24, 2.45) is 0 Å². The van der Waals surface area contributed by atoms with Crippen LogP contribution in [-0.2, 0) is 33.1 Å². The van der Waals surface area contributed by atoms with E-state index in [1.165, 1.54) is 26.2 Å². The van der Waals surface area contributed by atoms with Crippen LogP contribution in [0.1, 0.15) is 63.2 Å². The van der Waals surface area contributed by atoms with Gasteiger partial charge in [0.25, 0.3) is 0 Å². The Morgan fingerprint density at radius 2 is 1.74 bits per heavy atom. The summed E-state index contributed by atoms with van der Waals surface area (Å²) in [5.74, 6) is -1.53. The fourth-order valence-electron chi connectivity index (χ4n) is 5.38. The number of sulfonamides is 1. The first kappa shape index (κ1) is 36.3. The molecule has 1 N–H and O–H groups in total. The Bertz CT molecular complexity index is 1840. The third kappa shape index (κ3) is 7.64. The highest BCUT2D eigenvalue weighted by Gasteiger charge is 2.34. The van der Waals surface area contributed by atoms with Gasteiger partial charge in [0.15, 0.2) is 0 Å². The number of nitrogens with zero attached hydrogens (tertiary/aromatic N) is 3. The SMILES string of the molecule is CCCCN([C@H](C)C(=O)O)S(=O)(=O)c1cc(F)c(CCc2ncc(C(C)(C)c3ccc(Cl)c(OC)c3)n2-c2ccc(F)cc2)c(Cl)c1. The maximum atomic E-state index is 15.6. The summed E-state index contributed by atoms with van der Waals surface area (Å²) >= 11 is 12.8. The second kappa shape index (κ2) is 14.7. The third-order valence-electron chi connectivity index (χ3n) is 8.27. The molecule has 0 saturated heterocycles. The number of aliphatic carboxylic acids is 1. The number of methoxy groups -OCH3 is 1. The van der Waals surface area contributed by atoms with E-state index in [9.17, 15) is 22.7 Å². The maximum Gasteiger partial charge on any atom is 0.321 e. The Morgan fingerprint density at radius 1 is 1.06 bits per heavy atom. The van der Waals surface area contributed by atoms with Crippen molar-refractivity contribution in [2.45, 2.75) is 69.7 Å². The van der Waals surface area contributed by atoms with Crippen molar-refractivity contribution >= 4 is 39.2 Å². The predicted octanol–water partition coefficient (Wildman–Crippen LogP) is 7.84. The van der Waals surface area contributed by atoms with Crippen LogP contribution in [0.4, 0.5) is 8.78 Å². The average Bonchev–Trinajstić information content (AvgIpc) is 3.45. The molecule has 0 bridgehead atoms. The summed E-state index contributed by atoms with van der Waals surface area (Å²) in [6, 6.07) is 12.1. The Balaban J connectivity index is 1.72. The van der Waals surface area contributed by atoms with Crippen molar-refractivity contribution in [3.05, 3.63) is 105 Å². The number of aromatic nitrogens is 2. The van der Waals surface area contributed by atoms with Gasteiger partial charge in [0.1, 0.15) is 29.3 Å². The topological polar surface area (TPSA) is 102 Å². The molecule has 0 amide bonds. The second-order valence-corrected chi connectivity index (χ2v) is 14.4. The van der Waals surface area contributed by atoms with E-state index in [2.05, 4.69) is 4.98 Å². The van der Waals surface area contributed by atoms with E-state index >= 15 is 4.39 Å². The van der Waals surface area contributed by atoms with E-state index in [1.54, 1.807) is 24.4 Å². The van der Waals surface area contributed by atoms with E-state index in [1.807, 2.05) is 37.5 Å². The fraction of sp³-hybridized carbons (Fsp3) is 0.353. The summed E-state index contributed by atoms with van der Waals surface area (Å²) in [4.78, 5) is 15.9. The van der Waals surface area contributed by atoms with Crippen molar-refractivity contribution in [1.82, 2.24) is 13.9 Å². The lowest BCUT2D eigenvalue weighted by molar-refractivity contribution is -0.140.